The molecule has 0 spiro atoms. The standard InChI is InChI=1S/C17H25BrN2O/c1-20(12-15-4-2-3-9-21-15)17-8-5-13(10-16(17)18)11-19-14-6-7-14/h5,8,10,14-15,19H,2-4,6-7,9,11-12H2,1H3. The van der Waals surface area contributed by atoms with Crippen molar-refractivity contribution in [3.8, 4) is 0 Å². The molecule has 1 aliphatic carbocycles. The maximum Gasteiger partial charge on any atom is 0.0749 e. The van der Waals surface area contributed by atoms with Crippen molar-refractivity contribution in [1.29, 1.82) is 0 Å². The molecule has 1 aromatic rings. The number of halogens is 1. The Morgan fingerprint density at radius 3 is 2.81 bits per heavy atom. The lowest BCUT2D eigenvalue weighted by atomic mass is 10.1. The molecule has 1 aliphatic heterocycles. The smallest absolute Gasteiger partial charge is 0.0749 e. The molecule has 1 saturated carbocycles. The molecule has 0 aromatic heterocycles. The lowest BCUT2D eigenvalue weighted by molar-refractivity contribution is 0.0216. The highest BCUT2D eigenvalue weighted by molar-refractivity contribution is 9.10. The molecule has 0 radical (unpaired) electrons. The zero-order valence-electron chi connectivity index (χ0n) is 12.8. The summed E-state index contributed by atoms with van der Waals surface area (Å²) in [6.07, 6.45) is 6.75. The van der Waals surface area contributed by atoms with Crippen LogP contribution in [0.3, 0.4) is 0 Å². The van der Waals surface area contributed by atoms with Gasteiger partial charge in [0.2, 0.25) is 0 Å². The Balaban J connectivity index is 1.57. The summed E-state index contributed by atoms with van der Waals surface area (Å²) in [5.74, 6) is 0. The summed E-state index contributed by atoms with van der Waals surface area (Å²) in [6.45, 7) is 2.86. The van der Waals surface area contributed by atoms with E-state index in [1.807, 2.05) is 0 Å². The predicted molar refractivity (Wildman–Crippen MR) is 90.9 cm³/mol. The minimum atomic E-state index is 0.381. The molecule has 1 unspecified atom stereocenters. The highest BCUT2D eigenvalue weighted by atomic mass is 79.9. The van der Waals surface area contributed by atoms with E-state index in [4.69, 9.17) is 4.74 Å². The zero-order valence-corrected chi connectivity index (χ0v) is 14.4. The Morgan fingerprint density at radius 2 is 2.14 bits per heavy atom. The molecule has 116 valence electrons. The second kappa shape index (κ2) is 7.12. The van der Waals surface area contributed by atoms with Crippen molar-refractivity contribution in [2.45, 2.75) is 50.8 Å². The number of hydrogen-bond donors (Lipinski definition) is 1. The summed E-state index contributed by atoms with van der Waals surface area (Å²) in [6, 6.07) is 7.45. The van der Waals surface area contributed by atoms with Gasteiger partial charge in [-0.25, -0.2) is 0 Å². The fraction of sp³-hybridized carbons (Fsp3) is 0.647. The van der Waals surface area contributed by atoms with Crippen LogP contribution in [0.1, 0.15) is 37.7 Å². The van der Waals surface area contributed by atoms with Gasteiger partial charge < -0.3 is 15.0 Å². The number of rotatable bonds is 6. The molecular formula is C17H25BrN2O. The minimum Gasteiger partial charge on any atom is -0.376 e. The number of anilines is 1. The molecule has 4 heteroatoms. The van der Waals surface area contributed by atoms with Gasteiger partial charge in [-0.3, -0.25) is 0 Å². The van der Waals surface area contributed by atoms with Gasteiger partial charge in [0, 0.05) is 37.3 Å². The van der Waals surface area contributed by atoms with Crippen LogP contribution in [0.15, 0.2) is 22.7 Å². The van der Waals surface area contributed by atoms with E-state index in [2.05, 4.69) is 51.4 Å². The molecule has 0 amide bonds. The first kappa shape index (κ1) is 15.3. The summed E-state index contributed by atoms with van der Waals surface area (Å²) in [4.78, 5) is 2.30. The SMILES string of the molecule is CN(CC1CCCCO1)c1ccc(CNC2CC2)cc1Br. The fourth-order valence-corrected chi connectivity index (χ4v) is 3.60. The summed E-state index contributed by atoms with van der Waals surface area (Å²) in [5.41, 5.74) is 2.60. The summed E-state index contributed by atoms with van der Waals surface area (Å²) in [7, 11) is 2.15. The average Bonchev–Trinajstić information content (AvgIpc) is 3.30. The normalized spacial score (nSPS) is 22.3. The second-order valence-electron chi connectivity index (χ2n) is 6.31. The van der Waals surface area contributed by atoms with Crippen LogP contribution in [0.5, 0.6) is 0 Å². The van der Waals surface area contributed by atoms with E-state index in [-0.39, 0.29) is 0 Å². The third-order valence-corrected chi connectivity index (χ3v) is 4.98. The van der Waals surface area contributed by atoms with Crippen molar-refractivity contribution in [1.82, 2.24) is 5.32 Å². The van der Waals surface area contributed by atoms with E-state index in [9.17, 15) is 0 Å². The summed E-state index contributed by atoms with van der Waals surface area (Å²) < 4.78 is 7.02. The number of benzene rings is 1. The van der Waals surface area contributed by atoms with Crippen molar-refractivity contribution < 1.29 is 4.74 Å². The van der Waals surface area contributed by atoms with Gasteiger partial charge in [0.1, 0.15) is 0 Å². The van der Waals surface area contributed by atoms with Gasteiger partial charge >= 0.3 is 0 Å². The van der Waals surface area contributed by atoms with Crippen LogP contribution in [-0.4, -0.2) is 32.3 Å². The Morgan fingerprint density at radius 1 is 1.29 bits per heavy atom. The fourth-order valence-electron chi connectivity index (χ4n) is 2.87. The molecule has 1 atom stereocenters. The molecule has 3 nitrogen and oxygen atoms in total. The van der Waals surface area contributed by atoms with Crippen molar-refractivity contribution in [3.05, 3.63) is 28.2 Å². The monoisotopic (exact) mass is 352 g/mol. The van der Waals surface area contributed by atoms with Crippen molar-refractivity contribution in [3.63, 3.8) is 0 Å². The highest BCUT2D eigenvalue weighted by Gasteiger charge is 2.20. The van der Waals surface area contributed by atoms with E-state index in [1.165, 1.54) is 47.8 Å². The van der Waals surface area contributed by atoms with Gasteiger partial charge in [-0.05, 0) is 65.7 Å². The van der Waals surface area contributed by atoms with Crippen LogP contribution < -0.4 is 10.2 Å². The quantitative estimate of drug-likeness (QED) is 0.844. The lowest BCUT2D eigenvalue weighted by Gasteiger charge is -2.29. The van der Waals surface area contributed by atoms with E-state index in [0.717, 1.165) is 25.7 Å². The largest absolute Gasteiger partial charge is 0.376 e. The number of nitrogens with one attached hydrogen (secondary N) is 1. The average molecular weight is 353 g/mol. The van der Waals surface area contributed by atoms with Crippen molar-refractivity contribution in [2.24, 2.45) is 0 Å². The molecule has 21 heavy (non-hydrogen) atoms. The van der Waals surface area contributed by atoms with E-state index in [0.29, 0.717) is 6.10 Å². The predicted octanol–water partition coefficient (Wildman–Crippen LogP) is 3.71. The number of ether oxygens (including phenoxy) is 1. The van der Waals surface area contributed by atoms with E-state index < -0.39 is 0 Å². The molecule has 2 aliphatic rings. The maximum absolute atomic E-state index is 5.84. The molecule has 1 aromatic carbocycles. The Kier molecular flexibility index (Phi) is 5.19. The van der Waals surface area contributed by atoms with Crippen molar-refractivity contribution >= 4 is 21.6 Å². The van der Waals surface area contributed by atoms with Gasteiger partial charge in [-0.1, -0.05) is 6.07 Å². The molecular weight excluding hydrogens is 328 g/mol. The van der Waals surface area contributed by atoms with E-state index in [1.54, 1.807) is 0 Å². The van der Waals surface area contributed by atoms with Gasteiger partial charge in [0.05, 0.1) is 11.8 Å². The number of likely N-dealkylation sites (N-methyl/N-ethyl adjacent to an activating group) is 1. The van der Waals surface area contributed by atoms with Gasteiger partial charge in [0.25, 0.3) is 0 Å². The van der Waals surface area contributed by atoms with Crippen LogP contribution in [-0.2, 0) is 11.3 Å². The van der Waals surface area contributed by atoms with Crippen LogP contribution in [0.2, 0.25) is 0 Å². The van der Waals surface area contributed by atoms with Crippen LogP contribution >= 0.6 is 15.9 Å². The highest BCUT2D eigenvalue weighted by Crippen LogP contribution is 2.28. The maximum atomic E-state index is 5.84. The first-order valence-corrected chi connectivity index (χ1v) is 8.86. The molecule has 1 N–H and O–H groups in total. The second-order valence-corrected chi connectivity index (χ2v) is 7.16. The molecule has 1 heterocycles. The number of hydrogen-bond acceptors (Lipinski definition) is 3. The van der Waals surface area contributed by atoms with Crippen LogP contribution in [0.25, 0.3) is 0 Å². The Hall–Kier alpha value is -0.580. The molecule has 1 saturated heterocycles. The van der Waals surface area contributed by atoms with Gasteiger partial charge in [-0.2, -0.15) is 0 Å². The van der Waals surface area contributed by atoms with E-state index >= 15 is 0 Å². The van der Waals surface area contributed by atoms with Crippen molar-refractivity contribution in [2.75, 3.05) is 25.1 Å². The molecule has 0 bridgehead atoms. The van der Waals surface area contributed by atoms with Gasteiger partial charge in [0.15, 0.2) is 0 Å². The Bertz CT molecular complexity index is 470. The third kappa shape index (κ3) is 4.44. The summed E-state index contributed by atoms with van der Waals surface area (Å²) >= 11 is 3.72. The number of nitrogens with zero attached hydrogens (tertiary/aromatic N) is 1. The first-order valence-electron chi connectivity index (χ1n) is 8.07. The van der Waals surface area contributed by atoms with Gasteiger partial charge in [-0.15, -0.1) is 0 Å². The zero-order chi connectivity index (χ0) is 14.7. The summed E-state index contributed by atoms with van der Waals surface area (Å²) in [5, 5.41) is 3.56. The minimum absolute atomic E-state index is 0.381. The first-order chi connectivity index (χ1) is 10.2. The topological polar surface area (TPSA) is 24.5 Å². The Labute approximate surface area is 136 Å². The molecule has 2 fully saturated rings. The third-order valence-electron chi connectivity index (χ3n) is 4.35. The van der Waals surface area contributed by atoms with Crippen LogP contribution in [0, 0.1) is 0 Å². The molecule has 3 rings (SSSR count). The lowest BCUT2D eigenvalue weighted by Crippen LogP contribution is -2.33. The van der Waals surface area contributed by atoms with Crippen LogP contribution in [0.4, 0.5) is 5.69 Å².